The molecule has 0 saturated heterocycles. The van der Waals surface area contributed by atoms with Crippen LogP contribution in [0.4, 0.5) is 0 Å². The van der Waals surface area contributed by atoms with E-state index < -0.39 is 11.5 Å². The molecule has 0 aliphatic rings. The number of likely N-dealkylation sites (N-methyl/N-ethyl adjacent to an activating group) is 1. The third-order valence-electron chi connectivity index (χ3n) is 5.02. The number of benzene rings is 3. The molecule has 1 amide bonds. The minimum atomic E-state index is -1.39. The van der Waals surface area contributed by atoms with Crippen LogP contribution in [0.25, 0.3) is 10.8 Å². The summed E-state index contributed by atoms with van der Waals surface area (Å²) in [5.74, 6) is -1.36. The Morgan fingerprint density at radius 1 is 0.966 bits per heavy atom. The first-order valence-corrected chi connectivity index (χ1v) is 9.61. The molecule has 3 aromatic carbocycles. The number of hydrogen-bond acceptors (Lipinski definition) is 3. The molecule has 0 unspecified atom stereocenters. The van der Waals surface area contributed by atoms with Gasteiger partial charge in [-0.05, 0) is 35.9 Å². The van der Waals surface area contributed by atoms with Gasteiger partial charge in [-0.1, -0.05) is 72.8 Å². The minimum Gasteiger partial charge on any atom is -0.480 e. The molecule has 0 aliphatic heterocycles. The van der Waals surface area contributed by atoms with E-state index in [4.69, 9.17) is 0 Å². The topological polar surface area (TPSA) is 69.6 Å². The average molecular weight is 390 g/mol. The Kier molecular flexibility index (Phi) is 6.29. The number of carboxylic acids is 1. The second-order valence-electron chi connectivity index (χ2n) is 7.66. The second-order valence-corrected chi connectivity index (χ2v) is 7.66. The van der Waals surface area contributed by atoms with Crippen molar-refractivity contribution in [1.82, 2.24) is 10.2 Å². The zero-order valence-electron chi connectivity index (χ0n) is 16.8. The highest BCUT2D eigenvalue weighted by molar-refractivity contribution is 5.90. The molecule has 5 nitrogen and oxygen atoms in total. The van der Waals surface area contributed by atoms with Crippen LogP contribution in [0.2, 0.25) is 0 Å². The number of carboxylic acid groups (broad SMARTS) is 1. The predicted molar refractivity (Wildman–Crippen MR) is 115 cm³/mol. The van der Waals surface area contributed by atoms with E-state index in [1.807, 2.05) is 84.7 Å². The summed E-state index contributed by atoms with van der Waals surface area (Å²) in [5.41, 5.74) is 0.597. The number of nitrogens with one attached hydrogen (secondary N) is 1. The maximum absolute atomic E-state index is 12.6. The van der Waals surface area contributed by atoms with Gasteiger partial charge in [-0.25, -0.2) is 4.79 Å². The minimum absolute atomic E-state index is 0.118. The highest BCUT2D eigenvalue weighted by Crippen LogP contribution is 2.23. The molecule has 29 heavy (non-hydrogen) atoms. The number of carbonyl (C=O) groups excluding carboxylic acids is 1. The molecule has 2 N–H and O–H groups in total. The van der Waals surface area contributed by atoms with E-state index >= 15 is 0 Å². The predicted octanol–water partition coefficient (Wildman–Crippen LogP) is 3.47. The van der Waals surface area contributed by atoms with Gasteiger partial charge in [0, 0.05) is 13.0 Å². The number of fused-ring (bicyclic) bond motifs is 1. The summed E-state index contributed by atoms with van der Waals surface area (Å²) in [4.78, 5) is 26.5. The van der Waals surface area contributed by atoms with Crippen molar-refractivity contribution in [3.8, 4) is 0 Å². The van der Waals surface area contributed by atoms with E-state index in [1.165, 1.54) is 0 Å². The van der Waals surface area contributed by atoms with Gasteiger partial charge < -0.3 is 10.4 Å². The van der Waals surface area contributed by atoms with Gasteiger partial charge >= 0.3 is 5.97 Å². The summed E-state index contributed by atoms with van der Waals surface area (Å²) >= 11 is 0. The molecule has 0 fully saturated rings. The van der Waals surface area contributed by atoms with Crippen molar-refractivity contribution in [2.45, 2.75) is 25.4 Å². The summed E-state index contributed by atoms with van der Waals surface area (Å²) in [7, 11) is 1.84. The number of nitrogens with zero attached hydrogens (tertiary/aromatic N) is 1. The van der Waals surface area contributed by atoms with E-state index in [9.17, 15) is 14.7 Å². The van der Waals surface area contributed by atoms with Gasteiger partial charge in [-0.3, -0.25) is 9.69 Å². The van der Waals surface area contributed by atoms with Gasteiger partial charge in [0.05, 0.1) is 6.54 Å². The van der Waals surface area contributed by atoms with Crippen molar-refractivity contribution in [2.24, 2.45) is 0 Å². The molecule has 1 atom stereocenters. The summed E-state index contributed by atoms with van der Waals surface area (Å²) in [6, 6.07) is 23.5. The van der Waals surface area contributed by atoms with Crippen molar-refractivity contribution in [1.29, 1.82) is 0 Å². The fourth-order valence-corrected chi connectivity index (χ4v) is 3.54. The lowest BCUT2D eigenvalue weighted by atomic mass is 9.90. The smallest absolute Gasteiger partial charge is 0.329 e. The van der Waals surface area contributed by atoms with Crippen molar-refractivity contribution >= 4 is 22.6 Å². The van der Waals surface area contributed by atoms with Crippen LogP contribution in [0.15, 0.2) is 72.8 Å². The van der Waals surface area contributed by atoms with E-state index in [1.54, 1.807) is 6.92 Å². The molecular formula is C24H26N2O3. The largest absolute Gasteiger partial charge is 0.480 e. The van der Waals surface area contributed by atoms with Crippen LogP contribution in [-0.4, -0.2) is 41.0 Å². The normalized spacial score (nSPS) is 13.2. The standard InChI is InChI=1S/C24H26N2O3/c1-24(23(28)29,15-20-13-8-12-19-11-6-7-14-21(19)20)25-22(27)17-26(2)16-18-9-4-3-5-10-18/h3-14H,15-17H2,1-2H3,(H,25,27)(H,28,29)/t24-/m0/s1. The van der Waals surface area contributed by atoms with E-state index in [2.05, 4.69) is 5.32 Å². The van der Waals surface area contributed by atoms with Gasteiger partial charge in [-0.15, -0.1) is 0 Å². The molecule has 0 aromatic heterocycles. The third-order valence-corrected chi connectivity index (χ3v) is 5.02. The molecular weight excluding hydrogens is 364 g/mol. The van der Waals surface area contributed by atoms with Crippen LogP contribution >= 0.6 is 0 Å². The Balaban J connectivity index is 1.71. The summed E-state index contributed by atoms with van der Waals surface area (Å²) in [6.07, 6.45) is 0.206. The monoisotopic (exact) mass is 390 g/mol. The number of hydrogen-bond donors (Lipinski definition) is 2. The third kappa shape index (κ3) is 5.21. The van der Waals surface area contributed by atoms with Crippen molar-refractivity contribution in [2.75, 3.05) is 13.6 Å². The van der Waals surface area contributed by atoms with Crippen LogP contribution in [0.1, 0.15) is 18.1 Å². The summed E-state index contributed by atoms with van der Waals surface area (Å²) in [6.45, 7) is 2.29. The zero-order valence-corrected chi connectivity index (χ0v) is 16.8. The molecule has 150 valence electrons. The van der Waals surface area contributed by atoms with Gasteiger partial charge in [-0.2, -0.15) is 0 Å². The Labute approximate surface area is 171 Å². The fraction of sp³-hybridized carbons (Fsp3) is 0.250. The first-order chi connectivity index (χ1) is 13.9. The van der Waals surface area contributed by atoms with Gasteiger partial charge in [0.25, 0.3) is 0 Å². The van der Waals surface area contributed by atoms with Crippen LogP contribution in [0.5, 0.6) is 0 Å². The SMILES string of the molecule is CN(CC(=O)N[C@@](C)(Cc1cccc2ccccc12)C(=O)O)Cc1ccccc1. The number of amides is 1. The van der Waals surface area contributed by atoms with E-state index in [0.29, 0.717) is 6.54 Å². The van der Waals surface area contributed by atoms with Gasteiger partial charge in [0.2, 0.25) is 5.91 Å². The Morgan fingerprint density at radius 3 is 2.34 bits per heavy atom. The first kappa shape index (κ1) is 20.6. The molecule has 0 heterocycles. The summed E-state index contributed by atoms with van der Waals surface area (Å²) in [5, 5.41) is 14.6. The zero-order chi connectivity index (χ0) is 20.9. The van der Waals surface area contributed by atoms with Crippen LogP contribution in [0.3, 0.4) is 0 Å². The van der Waals surface area contributed by atoms with Gasteiger partial charge in [0.15, 0.2) is 0 Å². The molecule has 0 radical (unpaired) electrons. The van der Waals surface area contributed by atoms with Crippen molar-refractivity contribution < 1.29 is 14.7 Å². The number of carbonyl (C=O) groups is 2. The number of aliphatic carboxylic acids is 1. The Morgan fingerprint density at radius 2 is 1.62 bits per heavy atom. The highest BCUT2D eigenvalue weighted by atomic mass is 16.4. The Bertz CT molecular complexity index is 998. The van der Waals surface area contributed by atoms with Gasteiger partial charge in [0.1, 0.15) is 5.54 Å². The summed E-state index contributed by atoms with van der Waals surface area (Å²) < 4.78 is 0. The lowest BCUT2D eigenvalue weighted by Gasteiger charge is -2.28. The quantitative estimate of drug-likeness (QED) is 0.618. The maximum Gasteiger partial charge on any atom is 0.329 e. The molecule has 0 spiro atoms. The molecule has 3 rings (SSSR count). The van der Waals surface area contributed by atoms with Crippen molar-refractivity contribution in [3.05, 3.63) is 83.9 Å². The fourth-order valence-electron chi connectivity index (χ4n) is 3.54. The lowest BCUT2D eigenvalue weighted by molar-refractivity contribution is -0.147. The molecule has 3 aromatic rings. The lowest BCUT2D eigenvalue weighted by Crippen LogP contribution is -2.55. The first-order valence-electron chi connectivity index (χ1n) is 9.61. The van der Waals surface area contributed by atoms with E-state index in [-0.39, 0.29) is 18.9 Å². The highest BCUT2D eigenvalue weighted by Gasteiger charge is 2.35. The average Bonchev–Trinajstić information content (AvgIpc) is 2.68. The van der Waals surface area contributed by atoms with Crippen LogP contribution < -0.4 is 5.32 Å². The Hall–Kier alpha value is -3.18. The van der Waals surface area contributed by atoms with Crippen molar-refractivity contribution in [3.63, 3.8) is 0 Å². The number of rotatable bonds is 8. The molecule has 0 aliphatic carbocycles. The molecule has 5 heteroatoms. The van der Waals surface area contributed by atoms with E-state index in [0.717, 1.165) is 21.9 Å². The molecule has 0 saturated carbocycles. The van der Waals surface area contributed by atoms with Crippen LogP contribution in [0, 0.1) is 0 Å². The van der Waals surface area contributed by atoms with Crippen LogP contribution in [-0.2, 0) is 22.6 Å². The molecule has 0 bridgehead atoms. The maximum atomic E-state index is 12.6. The second kappa shape index (κ2) is 8.88.